The minimum absolute atomic E-state index is 0.396. The number of aromatic nitrogens is 2. The van der Waals surface area contributed by atoms with Crippen molar-refractivity contribution in [1.29, 1.82) is 0 Å². The van der Waals surface area contributed by atoms with Crippen molar-refractivity contribution in [2.24, 2.45) is 5.73 Å². The summed E-state index contributed by atoms with van der Waals surface area (Å²) in [7, 11) is 0. The van der Waals surface area contributed by atoms with Crippen LogP contribution in [0.15, 0.2) is 36.7 Å². The van der Waals surface area contributed by atoms with Crippen LogP contribution in [0.5, 0.6) is 0 Å². The lowest BCUT2D eigenvalue weighted by atomic mass is 10.1. The van der Waals surface area contributed by atoms with Crippen molar-refractivity contribution < 1.29 is 4.79 Å². The minimum Gasteiger partial charge on any atom is -0.366 e. The summed E-state index contributed by atoms with van der Waals surface area (Å²) in [6, 6.07) is 7.29. The first-order chi connectivity index (χ1) is 8.75. The third-order valence-electron chi connectivity index (χ3n) is 2.66. The van der Waals surface area contributed by atoms with E-state index in [1.165, 1.54) is 0 Å². The average molecular weight is 244 g/mol. The van der Waals surface area contributed by atoms with Crippen LogP contribution in [0.1, 0.15) is 21.7 Å². The first kappa shape index (κ1) is 12.3. The van der Waals surface area contributed by atoms with Crippen molar-refractivity contribution in [3.63, 3.8) is 0 Å². The number of amides is 1. The molecule has 0 aliphatic carbocycles. The second-order valence-corrected chi connectivity index (χ2v) is 4.02. The molecule has 0 aliphatic rings. The molecule has 0 saturated heterocycles. The highest BCUT2D eigenvalue weighted by Crippen LogP contribution is 2.03. The van der Waals surface area contributed by atoms with Crippen LogP contribution >= 0.6 is 0 Å². The Morgan fingerprint density at radius 3 is 2.72 bits per heavy atom. The molecule has 0 fully saturated rings. The smallest absolute Gasteiger partial charge is 0.248 e. The number of aromatic amines is 1. The average Bonchev–Trinajstić information content (AvgIpc) is 2.88. The molecule has 0 spiro atoms. The van der Waals surface area contributed by atoms with Crippen molar-refractivity contribution in [3.8, 4) is 0 Å². The first-order valence-corrected chi connectivity index (χ1v) is 5.83. The normalized spacial score (nSPS) is 10.4. The molecule has 94 valence electrons. The van der Waals surface area contributed by atoms with Gasteiger partial charge in [-0.05, 0) is 17.7 Å². The van der Waals surface area contributed by atoms with Gasteiger partial charge < -0.3 is 16.0 Å². The van der Waals surface area contributed by atoms with E-state index < -0.39 is 5.91 Å². The fourth-order valence-corrected chi connectivity index (χ4v) is 1.66. The maximum atomic E-state index is 10.9. The van der Waals surface area contributed by atoms with Crippen LogP contribution in [0.3, 0.4) is 0 Å². The molecule has 2 rings (SSSR count). The van der Waals surface area contributed by atoms with Crippen LogP contribution in [0, 0.1) is 0 Å². The Labute approximate surface area is 105 Å². The van der Waals surface area contributed by atoms with Gasteiger partial charge in [-0.3, -0.25) is 4.79 Å². The molecule has 0 saturated carbocycles. The molecule has 1 amide bonds. The largest absolute Gasteiger partial charge is 0.366 e. The molecule has 5 nitrogen and oxygen atoms in total. The number of nitrogens with one attached hydrogen (secondary N) is 2. The summed E-state index contributed by atoms with van der Waals surface area (Å²) in [4.78, 5) is 18.1. The van der Waals surface area contributed by atoms with Crippen molar-refractivity contribution in [2.75, 3.05) is 6.54 Å². The number of hydrogen-bond acceptors (Lipinski definition) is 3. The number of rotatable bonds is 6. The van der Waals surface area contributed by atoms with Gasteiger partial charge in [-0.15, -0.1) is 0 Å². The van der Waals surface area contributed by atoms with Gasteiger partial charge in [0.05, 0.1) is 0 Å². The zero-order chi connectivity index (χ0) is 12.8. The van der Waals surface area contributed by atoms with Crippen LogP contribution in [0.25, 0.3) is 0 Å². The highest BCUT2D eigenvalue weighted by atomic mass is 16.1. The van der Waals surface area contributed by atoms with Crippen LogP contribution in [0.2, 0.25) is 0 Å². The summed E-state index contributed by atoms with van der Waals surface area (Å²) in [6.07, 6.45) is 4.43. The van der Waals surface area contributed by atoms with Crippen molar-refractivity contribution in [2.45, 2.75) is 13.0 Å². The molecule has 1 heterocycles. The molecular weight excluding hydrogens is 228 g/mol. The van der Waals surface area contributed by atoms with Gasteiger partial charge in [0.15, 0.2) is 0 Å². The summed E-state index contributed by atoms with van der Waals surface area (Å²) in [5.74, 6) is 0.582. The Morgan fingerprint density at radius 2 is 2.11 bits per heavy atom. The highest BCUT2D eigenvalue weighted by Gasteiger charge is 1.99. The maximum absolute atomic E-state index is 10.9. The van der Waals surface area contributed by atoms with E-state index >= 15 is 0 Å². The summed E-state index contributed by atoms with van der Waals surface area (Å²) in [5, 5.41) is 3.31. The zero-order valence-corrected chi connectivity index (χ0v) is 10.0. The number of carbonyl (C=O) groups excluding carboxylic acids is 1. The van der Waals surface area contributed by atoms with E-state index in [0.29, 0.717) is 5.56 Å². The number of hydrogen-bond donors (Lipinski definition) is 3. The molecule has 0 atom stereocenters. The quantitative estimate of drug-likeness (QED) is 0.658. The Balaban J connectivity index is 1.75. The lowest BCUT2D eigenvalue weighted by molar-refractivity contribution is 0.100. The standard InChI is InChI=1S/C13H16N4O/c14-13(18)11-3-1-10(2-4-11)9-15-6-5-12-16-7-8-17-12/h1-4,7-8,15H,5-6,9H2,(H2,14,18)(H,16,17). The molecule has 0 unspecified atom stereocenters. The fourth-order valence-electron chi connectivity index (χ4n) is 1.66. The predicted molar refractivity (Wildman–Crippen MR) is 69.0 cm³/mol. The minimum atomic E-state index is -0.396. The third-order valence-corrected chi connectivity index (χ3v) is 2.66. The molecule has 5 heteroatoms. The number of benzene rings is 1. The molecule has 0 aliphatic heterocycles. The molecular formula is C13H16N4O. The molecule has 18 heavy (non-hydrogen) atoms. The fraction of sp³-hybridized carbons (Fsp3) is 0.231. The van der Waals surface area contributed by atoms with Crippen LogP contribution in [-0.2, 0) is 13.0 Å². The van der Waals surface area contributed by atoms with E-state index in [0.717, 1.165) is 30.9 Å². The zero-order valence-electron chi connectivity index (χ0n) is 10.0. The van der Waals surface area contributed by atoms with Crippen LogP contribution in [-0.4, -0.2) is 22.4 Å². The maximum Gasteiger partial charge on any atom is 0.248 e. The topological polar surface area (TPSA) is 83.8 Å². The summed E-state index contributed by atoms with van der Waals surface area (Å²) >= 11 is 0. The predicted octanol–water partition coefficient (Wildman–Crippen LogP) is 0.841. The second kappa shape index (κ2) is 5.97. The van der Waals surface area contributed by atoms with Crippen molar-refractivity contribution in [3.05, 3.63) is 53.6 Å². The Bertz CT molecular complexity index is 490. The van der Waals surface area contributed by atoms with Gasteiger partial charge in [0.1, 0.15) is 5.82 Å². The molecule has 1 aromatic heterocycles. The number of nitrogens with zero attached hydrogens (tertiary/aromatic N) is 1. The molecule has 0 radical (unpaired) electrons. The van der Waals surface area contributed by atoms with Gasteiger partial charge in [0.2, 0.25) is 5.91 Å². The van der Waals surface area contributed by atoms with Crippen LogP contribution < -0.4 is 11.1 Å². The number of primary amides is 1. The van der Waals surface area contributed by atoms with Gasteiger partial charge >= 0.3 is 0 Å². The van der Waals surface area contributed by atoms with E-state index in [9.17, 15) is 4.79 Å². The Hall–Kier alpha value is -2.14. The van der Waals surface area contributed by atoms with E-state index in [1.807, 2.05) is 18.3 Å². The van der Waals surface area contributed by atoms with Gasteiger partial charge in [-0.1, -0.05) is 12.1 Å². The highest BCUT2D eigenvalue weighted by molar-refractivity contribution is 5.92. The molecule has 4 N–H and O–H groups in total. The van der Waals surface area contributed by atoms with Crippen molar-refractivity contribution >= 4 is 5.91 Å². The summed E-state index contributed by atoms with van der Waals surface area (Å²) in [6.45, 7) is 1.62. The molecule has 2 aromatic rings. The van der Waals surface area contributed by atoms with E-state index in [-0.39, 0.29) is 0 Å². The lowest BCUT2D eigenvalue weighted by Crippen LogP contribution is -2.17. The van der Waals surface area contributed by atoms with Crippen molar-refractivity contribution in [1.82, 2.24) is 15.3 Å². The SMILES string of the molecule is NC(=O)c1ccc(CNCCc2ncc[nH]2)cc1. The first-order valence-electron chi connectivity index (χ1n) is 5.83. The van der Waals surface area contributed by atoms with Crippen LogP contribution in [0.4, 0.5) is 0 Å². The van der Waals surface area contributed by atoms with E-state index in [2.05, 4.69) is 15.3 Å². The van der Waals surface area contributed by atoms with E-state index in [1.54, 1.807) is 18.3 Å². The van der Waals surface area contributed by atoms with Gasteiger partial charge in [-0.2, -0.15) is 0 Å². The van der Waals surface area contributed by atoms with Gasteiger partial charge in [0, 0.05) is 37.5 Å². The summed E-state index contributed by atoms with van der Waals surface area (Å²) in [5.41, 5.74) is 6.84. The monoisotopic (exact) mass is 244 g/mol. The number of imidazole rings is 1. The van der Waals surface area contributed by atoms with E-state index in [4.69, 9.17) is 5.73 Å². The Kier molecular flexibility index (Phi) is 4.09. The summed E-state index contributed by atoms with van der Waals surface area (Å²) < 4.78 is 0. The van der Waals surface area contributed by atoms with Gasteiger partial charge in [0.25, 0.3) is 0 Å². The second-order valence-electron chi connectivity index (χ2n) is 4.02. The number of nitrogens with two attached hydrogens (primary N) is 1. The molecule has 1 aromatic carbocycles. The number of H-pyrrole nitrogens is 1. The lowest BCUT2D eigenvalue weighted by Gasteiger charge is -2.04. The van der Waals surface area contributed by atoms with Gasteiger partial charge in [-0.25, -0.2) is 4.98 Å². The number of carbonyl (C=O) groups is 1. The Morgan fingerprint density at radius 1 is 1.33 bits per heavy atom. The third kappa shape index (κ3) is 3.43. The molecule has 0 bridgehead atoms.